The number of nitrogens with zero attached hydrogens (tertiary/aromatic N) is 1. The largest absolute Gasteiger partial charge is 0.465 e. The highest BCUT2D eigenvalue weighted by Crippen LogP contribution is 2.23. The van der Waals surface area contributed by atoms with Gasteiger partial charge in [0, 0.05) is 17.7 Å². The molecule has 0 amide bonds. The van der Waals surface area contributed by atoms with Gasteiger partial charge in [0.25, 0.3) is 5.69 Å². The number of non-ortho nitro benzene ring substituents is 1. The smallest absolute Gasteiger partial charge is 0.338 e. The van der Waals surface area contributed by atoms with Gasteiger partial charge in [-0.25, -0.2) is 9.59 Å². The van der Waals surface area contributed by atoms with Crippen LogP contribution in [-0.4, -0.2) is 36.4 Å². The summed E-state index contributed by atoms with van der Waals surface area (Å²) in [4.78, 5) is 47.0. The van der Waals surface area contributed by atoms with Crippen LogP contribution in [0.25, 0.3) is 0 Å². The quantitative estimate of drug-likeness (QED) is 0.315. The lowest BCUT2D eigenvalue weighted by molar-refractivity contribution is -0.384. The van der Waals surface area contributed by atoms with E-state index in [4.69, 9.17) is 4.74 Å². The first-order valence-electron chi connectivity index (χ1n) is 8.72. The van der Waals surface area contributed by atoms with Crippen LogP contribution >= 0.6 is 0 Å². The van der Waals surface area contributed by atoms with E-state index in [1.54, 1.807) is 6.92 Å². The molecule has 0 saturated heterocycles. The molecule has 0 aromatic heterocycles. The standard InChI is InChI=1S/C21H21NO7/c1-11-6-12(2)19(14(4)13(11)3)18(23)10-29-21(25)16-7-15(20(24)28-5)8-17(9-16)22(26)27/h6-9H,10H2,1-5H3. The van der Waals surface area contributed by atoms with E-state index in [9.17, 15) is 24.5 Å². The van der Waals surface area contributed by atoms with E-state index in [1.165, 1.54) is 0 Å². The Morgan fingerprint density at radius 2 is 1.48 bits per heavy atom. The van der Waals surface area contributed by atoms with Gasteiger partial charge in [-0.15, -0.1) is 0 Å². The number of hydrogen-bond acceptors (Lipinski definition) is 7. The number of carbonyl (C=O) groups excluding carboxylic acids is 3. The Morgan fingerprint density at radius 3 is 2.03 bits per heavy atom. The summed E-state index contributed by atoms with van der Waals surface area (Å²) in [5, 5.41) is 11.1. The third-order valence-electron chi connectivity index (χ3n) is 4.75. The minimum atomic E-state index is -0.952. The molecular formula is C21H21NO7. The van der Waals surface area contributed by atoms with Crippen LogP contribution < -0.4 is 0 Å². The second-order valence-electron chi connectivity index (χ2n) is 6.65. The van der Waals surface area contributed by atoms with E-state index in [0.29, 0.717) is 5.56 Å². The van der Waals surface area contributed by atoms with Crippen molar-refractivity contribution in [2.45, 2.75) is 27.7 Å². The van der Waals surface area contributed by atoms with Crippen molar-refractivity contribution in [2.24, 2.45) is 0 Å². The van der Waals surface area contributed by atoms with Crippen molar-refractivity contribution in [1.82, 2.24) is 0 Å². The first-order valence-corrected chi connectivity index (χ1v) is 8.72. The number of ketones is 1. The molecule has 8 nitrogen and oxygen atoms in total. The van der Waals surface area contributed by atoms with E-state index < -0.39 is 29.2 Å². The average Bonchev–Trinajstić information content (AvgIpc) is 2.69. The highest BCUT2D eigenvalue weighted by Gasteiger charge is 2.21. The van der Waals surface area contributed by atoms with Gasteiger partial charge >= 0.3 is 11.9 Å². The fraction of sp³-hybridized carbons (Fsp3) is 0.286. The Balaban J connectivity index is 2.27. The summed E-state index contributed by atoms with van der Waals surface area (Å²) in [6.07, 6.45) is 0. The molecule has 0 atom stereocenters. The third-order valence-corrected chi connectivity index (χ3v) is 4.75. The highest BCUT2D eigenvalue weighted by atomic mass is 16.6. The molecule has 0 aliphatic rings. The predicted molar refractivity (Wildman–Crippen MR) is 104 cm³/mol. The highest BCUT2D eigenvalue weighted by molar-refractivity contribution is 6.02. The molecular weight excluding hydrogens is 378 g/mol. The molecule has 0 radical (unpaired) electrons. The fourth-order valence-electron chi connectivity index (χ4n) is 3.07. The number of nitro groups is 1. The molecule has 0 saturated carbocycles. The molecule has 2 rings (SSSR count). The minimum Gasteiger partial charge on any atom is -0.465 e. The first kappa shape index (κ1) is 21.7. The van der Waals surface area contributed by atoms with Crippen LogP contribution in [0, 0.1) is 37.8 Å². The summed E-state index contributed by atoms with van der Waals surface area (Å²) in [5.74, 6) is -2.17. The molecule has 0 aliphatic heterocycles. The van der Waals surface area contributed by atoms with Crippen molar-refractivity contribution in [3.63, 3.8) is 0 Å². The van der Waals surface area contributed by atoms with Gasteiger partial charge in [-0.3, -0.25) is 14.9 Å². The van der Waals surface area contributed by atoms with Crippen LogP contribution in [0.15, 0.2) is 24.3 Å². The number of nitro benzene ring substituents is 1. The molecule has 0 spiro atoms. The third kappa shape index (κ3) is 4.66. The van der Waals surface area contributed by atoms with Crippen LogP contribution in [0.1, 0.15) is 53.3 Å². The zero-order valence-corrected chi connectivity index (χ0v) is 16.8. The van der Waals surface area contributed by atoms with Gasteiger partial charge in [-0.05, 0) is 56.0 Å². The maximum atomic E-state index is 12.6. The first-order chi connectivity index (χ1) is 13.6. The van der Waals surface area contributed by atoms with Gasteiger partial charge in [0.2, 0.25) is 5.78 Å². The molecule has 0 N–H and O–H groups in total. The maximum absolute atomic E-state index is 12.6. The Bertz CT molecular complexity index is 1020. The number of carbonyl (C=O) groups is 3. The lowest BCUT2D eigenvalue weighted by Gasteiger charge is -2.14. The molecule has 29 heavy (non-hydrogen) atoms. The number of esters is 2. The fourth-order valence-corrected chi connectivity index (χ4v) is 3.07. The zero-order chi connectivity index (χ0) is 21.9. The SMILES string of the molecule is COC(=O)c1cc(C(=O)OCC(=O)c2c(C)cc(C)c(C)c2C)cc([N+](=O)[O-])c1. The Morgan fingerprint density at radius 1 is 0.897 bits per heavy atom. The van der Waals surface area contributed by atoms with E-state index in [2.05, 4.69) is 4.74 Å². The Hall–Kier alpha value is -3.55. The average molecular weight is 399 g/mol. The lowest BCUT2D eigenvalue weighted by atomic mass is 9.92. The van der Waals surface area contributed by atoms with Crippen molar-refractivity contribution < 1.29 is 28.8 Å². The summed E-state index contributed by atoms with van der Waals surface area (Å²) < 4.78 is 9.61. The molecule has 152 valence electrons. The van der Waals surface area contributed by atoms with E-state index in [-0.39, 0.29) is 16.9 Å². The molecule has 0 unspecified atom stereocenters. The molecule has 2 aromatic rings. The van der Waals surface area contributed by atoms with Crippen molar-refractivity contribution in [3.8, 4) is 0 Å². The van der Waals surface area contributed by atoms with E-state index >= 15 is 0 Å². The number of aryl methyl sites for hydroxylation is 2. The summed E-state index contributed by atoms with van der Waals surface area (Å²) in [6.45, 7) is 6.96. The minimum absolute atomic E-state index is 0.166. The van der Waals surface area contributed by atoms with Crippen LogP contribution in [-0.2, 0) is 9.47 Å². The number of benzene rings is 2. The molecule has 0 heterocycles. The second kappa shape index (κ2) is 8.64. The summed E-state index contributed by atoms with van der Waals surface area (Å²) in [5.41, 5.74) is 3.25. The Labute approximate surface area is 167 Å². The monoisotopic (exact) mass is 399 g/mol. The second-order valence-corrected chi connectivity index (χ2v) is 6.65. The van der Waals surface area contributed by atoms with Crippen molar-refractivity contribution >= 4 is 23.4 Å². The topological polar surface area (TPSA) is 113 Å². The van der Waals surface area contributed by atoms with Gasteiger partial charge in [0.1, 0.15) is 0 Å². The molecule has 0 aliphatic carbocycles. The lowest BCUT2D eigenvalue weighted by Crippen LogP contribution is -2.17. The van der Waals surface area contributed by atoms with Crippen molar-refractivity contribution in [2.75, 3.05) is 13.7 Å². The van der Waals surface area contributed by atoms with Crippen molar-refractivity contribution in [1.29, 1.82) is 0 Å². The number of rotatable bonds is 6. The number of ether oxygens (including phenoxy) is 2. The van der Waals surface area contributed by atoms with Gasteiger partial charge in [-0.2, -0.15) is 0 Å². The molecule has 2 aromatic carbocycles. The van der Waals surface area contributed by atoms with E-state index in [0.717, 1.165) is 47.6 Å². The van der Waals surface area contributed by atoms with Gasteiger partial charge in [-0.1, -0.05) is 6.07 Å². The number of Topliss-reactive ketones (excluding diaryl/α,β-unsaturated/α-hetero) is 1. The number of hydrogen-bond donors (Lipinski definition) is 0. The van der Waals surface area contributed by atoms with Gasteiger partial charge in [0.05, 0.1) is 23.2 Å². The normalized spacial score (nSPS) is 10.4. The van der Waals surface area contributed by atoms with Crippen LogP contribution in [0.4, 0.5) is 5.69 Å². The number of methoxy groups -OCH3 is 1. The van der Waals surface area contributed by atoms with Crippen molar-refractivity contribution in [3.05, 3.63) is 73.3 Å². The molecule has 0 bridgehead atoms. The summed E-state index contributed by atoms with van der Waals surface area (Å²) in [6, 6.07) is 4.99. The summed E-state index contributed by atoms with van der Waals surface area (Å²) >= 11 is 0. The van der Waals surface area contributed by atoms with E-state index in [1.807, 2.05) is 26.8 Å². The zero-order valence-electron chi connectivity index (χ0n) is 16.8. The predicted octanol–water partition coefficient (Wildman–Crippen LogP) is 3.65. The molecule has 0 fully saturated rings. The van der Waals surface area contributed by atoms with Gasteiger partial charge < -0.3 is 9.47 Å². The summed E-state index contributed by atoms with van der Waals surface area (Å²) in [7, 11) is 1.12. The molecule has 8 heteroatoms. The van der Waals surface area contributed by atoms with Gasteiger partial charge in [0.15, 0.2) is 6.61 Å². The van der Waals surface area contributed by atoms with Crippen LogP contribution in [0.5, 0.6) is 0 Å². The van der Waals surface area contributed by atoms with Crippen LogP contribution in [0.3, 0.4) is 0 Å². The Kier molecular flexibility index (Phi) is 6.48. The van der Waals surface area contributed by atoms with Crippen LogP contribution in [0.2, 0.25) is 0 Å². The maximum Gasteiger partial charge on any atom is 0.338 e.